The lowest BCUT2D eigenvalue weighted by Gasteiger charge is -2.26. The third-order valence-corrected chi connectivity index (χ3v) is 6.57. The van der Waals surface area contributed by atoms with E-state index in [9.17, 15) is 9.18 Å². The second-order valence-electron chi connectivity index (χ2n) is 7.27. The lowest BCUT2D eigenvalue weighted by atomic mass is 9.99. The van der Waals surface area contributed by atoms with Crippen LogP contribution in [-0.4, -0.2) is 38.8 Å². The molecule has 0 saturated carbocycles. The number of H-pyrrole nitrogens is 1. The number of rotatable bonds is 3. The molecule has 0 unspecified atom stereocenters. The number of aromatic nitrogens is 3. The smallest absolute Gasteiger partial charge is 0.266 e. The fourth-order valence-electron chi connectivity index (χ4n) is 3.77. The summed E-state index contributed by atoms with van der Waals surface area (Å²) in [5.74, 6) is -0.292. The minimum atomic E-state index is -0.287. The number of halogens is 1. The molecule has 0 spiro atoms. The van der Waals surface area contributed by atoms with Crippen LogP contribution in [0.4, 0.5) is 4.39 Å². The predicted octanol–water partition coefficient (Wildman–Crippen LogP) is 5.06. The number of aromatic amines is 1. The van der Waals surface area contributed by atoms with Crippen molar-refractivity contribution in [2.45, 2.75) is 13.3 Å². The van der Waals surface area contributed by atoms with Crippen LogP contribution in [0.2, 0.25) is 0 Å². The molecule has 0 fully saturated rings. The highest BCUT2D eigenvalue weighted by atomic mass is 32.1. The SMILES string of the molecule is Cc1nc(-c2ccc(F)cc2)sc1C(=O)N1CC=C(c2c[nH]c3ncccc23)CC1. The number of carbonyl (C=O) groups excluding carboxylic acids is 1. The van der Waals surface area contributed by atoms with Crippen molar-refractivity contribution >= 4 is 33.9 Å². The fraction of sp³-hybridized carbons (Fsp3) is 0.174. The summed E-state index contributed by atoms with van der Waals surface area (Å²) in [5.41, 5.74) is 4.78. The van der Waals surface area contributed by atoms with Crippen LogP contribution in [0.1, 0.15) is 27.3 Å². The topological polar surface area (TPSA) is 61.9 Å². The van der Waals surface area contributed by atoms with Gasteiger partial charge in [-0.15, -0.1) is 11.3 Å². The molecule has 7 heteroatoms. The molecular formula is C23H19FN4OS. The number of carbonyl (C=O) groups is 1. The van der Waals surface area contributed by atoms with Gasteiger partial charge < -0.3 is 9.88 Å². The van der Waals surface area contributed by atoms with E-state index in [-0.39, 0.29) is 11.7 Å². The van der Waals surface area contributed by atoms with Gasteiger partial charge in [-0.25, -0.2) is 14.4 Å². The van der Waals surface area contributed by atoms with Gasteiger partial charge in [0.2, 0.25) is 0 Å². The zero-order valence-corrected chi connectivity index (χ0v) is 17.2. The molecule has 30 heavy (non-hydrogen) atoms. The summed E-state index contributed by atoms with van der Waals surface area (Å²) in [6.45, 7) is 3.06. The number of benzene rings is 1. The minimum absolute atomic E-state index is 0.00532. The Bertz CT molecular complexity index is 1270. The first-order valence-corrected chi connectivity index (χ1v) is 10.6. The molecule has 4 aromatic rings. The van der Waals surface area contributed by atoms with Crippen LogP contribution in [0.3, 0.4) is 0 Å². The summed E-state index contributed by atoms with van der Waals surface area (Å²) in [5, 5.41) is 1.83. The number of pyridine rings is 1. The third-order valence-electron chi connectivity index (χ3n) is 5.38. The van der Waals surface area contributed by atoms with Crippen molar-refractivity contribution in [1.82, 2.24) is 19.9 Å². The highest BCUT2D eigenvalue weighted by Gasteiger charge is 2.24. The molecular weight excluding hydrogens is 399 g/mol. The Morgan fingerprint density at radius 3 is 2.83 bits per heavy atom. The van der Waals surface area contributed by atoms with Crippen LogP contribution in [0.5, 0.6) is 0 Å². The molecule has 150 valence electrons. The molecule has 5 rings (SSSR count). The Labute approximate surface area is 176 Å². The molecule has 0 saturated heterocycles. The molecule has 0 bridgehead atoms. The van der Waals surface area contributed by atoms with E-state index < -0.39 is 0 Å². The van der Waals surface area contributed by atoms with Crippen LogP contribution in [-0.2, 0) is 0 Å². The van der Waals surface area contributed by atoms with Gasteiger partial charge in [0, 0.05) is 42.0 Å². The molecule has 1 aliphatic rings. The van der Waals surface area contributed by atoms with Gasteiger partial charge in [-0.2, -0.15) is 0 Å². The Morgan fingerprint density at radius 1 is 1.23 bits per heavy atom. The first-order valence-electron chi connectivity index (χ1n) is 9.74. The Hall–Kier alpha value is -3.32. The lowest BCUT2D eigenvalue weighted by Crippen LogP contribution is -2.34. The van der Waals surface area contributed by atoms with E-state index in [1.54, 1.807) is 18.3 Å². The van der Waals surface area contributed by atoms with Crippen molar-refractivity contribution in [1.29, 1.82) is 0 Å². The van der Waals surface area contributed by atoms with Crippen LogP contribution < -0.4 is 0 Å². The summed E-state index contributed by atoms with van der Waals surface area (Å²) in [4.78, 5) is 27.7. The summed E-state index contributed by atoms with van der Waals surface area (Å²) >= 11 is 1.36. The van der Waals surface area contributed by atoms with E-state index in [0.29, 0.717) is 23.7 Å². The van der Waals surface area contributed by atoms with Crippen LogP contribution in [0, 0.1) is 12.7 Å². The summed E-state index contributed by atoms with van der Waals surface area (Å²) in [6, 6.07) is 10.2. The molecule has 5 nitrogen and oxygen atoms in total. The van der Waals surface area contributed by atoms with Gasteiger partial charge in [-0.1, -0.05) is 6.08 Å². The number of fused-ring (bicyclic) bond motifs is 1. The van der Waals surface area contributed by atoms with Crippen molar-refractivity contribution < 1.29 is 9.18 Å². The zero-order valence-electron chi connectivity index (χ0n) is 16.4. The summed E-state index contributed by atoms with van der Waals surface area (Å²) in [7, 11) is 0. The van der Waals surface area contributed by atoms with E-state index in [0.717, 1.165) is 33.6 Å². The molecule has 0 radical (unpaired) electrons. The van der Waals surface area contributed by atoms with Gasteiger partial charge in [0.25, 0.3) is 5.91 Å². The minimum Gasteiger partial charge on any atom is -0.346 e. The maximum atomic E-state index is 13.2. The number of hydrogen-bond acceptors (Lipinski definition) is 4. The average Bonchev–Trinajstić information content (AvgIpc) is 3.38. The van der Waals surface area contributed by atoms with Gasteiger partial charge in [0.15, 0.2) is 0 Å². The average molecular weight is 418 g/mol. The van der Waals surface area contributed by atoms with E-state index in [2.05, 4.69) is 27.1 Å². The van der Waals surface area contributed by atoms with Gasteiger partial charge in [-0.05, 0) is 55.3 Å². The Kier molecular flexibility index (Phi) is 4.67. The molecule has 1 aromatic carbocycles. The van der Waals surface area contributed by atoms with Gasteiger partial charge in [-0.3, -0.25) is 4.79 Å². The van der Waals surface area contributed by atoms with Crippen molar-refractivity contribution in [3.63, 3.8) is 0 Å². The lowest BCUT2D eigenvalue weighted by molar-refractivity contribution is 0.0777. The number of nitrogens with one attached hydrogen (secondary N) is 1. The third kappa shape index (κ3) is 3.31. The van der Waals surface area contributed by atoms with E-state index >= 15 is 0 Å². The van der Waals surface area contributed by atoms with Crippen molar-refractivity contribution in [2.75, 3.05) is 13.1 Å². The Balaban J connectivity index is 1.36. The number of thiazole rings is 1. The number of hydrogen-bond donors (Lipinski definition) is 1. The maximum Gasteiger partial charge on any atom is 0.266 e. The number of amides is 1. The molecule has 0 aliphatic carbocycles. The quantitative estimate of drug-likeness (QED) is 0.506. The summed E-state index contributed by atoms with van der Waals surface area (Å²) < 4.78 is 13.2. The van der Waals surface area contributed by atoms with Crippen molar-refractivity contribution in [3.8, 4) is 10.6 Å². The fourth-order valence-corrected chi connectivity index (χ4v) is 4.81. The first kappa shape index (κ1) is 18.7. The molecule has 1 amide bonds. The second kappa shape index (κ2) is 7.50. The Morgan fingerprint density at radius 2 is 2.07 bits per heavy atom. The van der Waals surface area contributed by atoms with E-state index in [1.807, 2.05) is 24.1 Å². The molecule has 1 aliphatic heterocycles. The highest BCUT2D eigenvalue weighted by Crippen LogP contribution is 2.32. The highest BCUT2D eigenvalue weighted by molar-refractivity contribution is 7.17. The zero-order chi connectivity index (χ0) is 20.7. The van der Waals surface area contributed by atoms with Gasteiger partial charge in [0.1, 0.15) is 21.3 Å². The van der Waals surface area contributed by atoms with Gasteiger partial charge in [0.05, 0.1) is 5.69 Å². The predicted molar refractivity (Wildman–Crippen MR) is 117 cm³/mol. The number of nitrogens with zero attached hydrogens (tertiary/aromatic N) is 3. The monoisotopic (exact) mass is 418 g/mol. The standard InChI is InChI=1S/C23H19FN4OS/c1-14-20(30-22(27-14)16-4-6-17(24)7-5-16)23(29)28-11-8-15(9-12-28)19-13-26-21-18(19)3-2-10-25-21/h2-8,10,13H,9,11-12H2,1H3,(H,25,26). The van der Waals surface area contributed by atoms with E-state index in [4.69, 9.17) is 0 Å². The van der Waals surface area contributed by atoms with Crippen molar-refractivity contribution in [3.05, 3.63) is 76.8 Å². The largest absolute Gasteiger partial charge is 0.346 e. The van der Waals surface area contributed by atoms with Crippen LogP contribution in [0.15, 0.2) is 54.9 Å². The first-order chi connectivity index (χ1) is 14.6. The summed E-state index contributed by atoms with van der Waals surface area (Å²) in [6.07, 6.45) is 6.67. The second-order valence-corrected chi connectivity index (χ2v) is 8.27. The molecule has 0 atom stereocenters. The maximum absolute atomic E-state index is 13.2. The molecule has 1 N–H and O–H groups in total. The molecule has 4 heterocycles. The van der Waals surface area contributed by atoms with Crippen molar-refractivity contribution in [2.24, 2.45) is 0 Å². The molecule has 3 aromatic heterocycles. The van der Waals surface area contributed by atoms with Gasteiger partial charge >= 0.3 is 0 Å². The van der Waals surface area contributed by atoms with E-state index in [1.165, 1.54) is 29.0 Å². The van der Waals surface area contributed by atoms with Crippen LogP contribution >= 0.6 is 11.3 Å². The van der Waals surface area contributed by atoms with Crippen LogP contribution in [0.25, 0.3) is 27.2 Å². The normalized spacial score (nSPS) is 14.2. The number of aryl methyl sites for hydroxylation is 1.